The molecule has 0 saturated carbocycles. The van der Waals surface area contributed by atoms with E-state index in [1.54, 1.807) is 0 Å². The van der Waals surface area contributed by atoms with Crippen LogP contribution in [-0.4, -0.2) is 37.9 Å². The third-order valence-electron chi connectivity index (χ3n) is 10.3. The minimum atomic E-state index is -0.539. The van der Waals surface area contributed by atoms with Gasteiger partial charge in [0.2, 0.25) is 0 Å². The zero-order valence-electron chi connectivity index (χ0n) is 37.4. The van der Waals surface area contributed by atoms with E-state index in [2.05, 4.69) is 69.4 Å². The van der Waals surface area contributed by atoms with Crippen LogP contribution >= 0.6 is 0 Å². The van der Waals surface area contributed by atoms with Crippen molar-refractivity contribution in [3.8, 4) is 0 Å². The van der Waals surface area contributed by atoms with Gasteiger partial charge in [-0.3, -0.25) is 9.59 Å². The first-order chi connectivity index (χ1) is 27.6. The fourth-order valence-corrected chi connectivity index (χ4v) is 6.75. The largest absolute Gasteiger partial charge is 0.462 e. The highest BCUT2D eigenvalue weighted by Crippen LogP contribution is 2.14. The van der Waals surface area contributed by atoms with Gasteiger partial charge in [0.1, 0.15) is 6.61 Å². The highest BCUT2D eigenvalue weighted by atomic mass is 16.6. The van der Waals surface area contributed by atoms with Gasteiger partial charge < -0.3 is 14.2 Å². The number of carbonyl (C=O) groups is 2. The molecule has 326 valence electrons. The van der Waals surface area contributed by atoms with Crippen molar-refractivity contribution in [2.75, 3.05) is 19.8 Å². The molecular formula is C51H92O5. The van der Waals surface area contributed by atoms with Gasteiger partial charge in [-0.05, 0) is 77.0 Å². The van der Waals surface area contributed by atoms with E-state index in [-0.39, 0.29) is 25.2 Å². The first-order valence-electron chi connectivity index (χ1n) is 24.2. The standard InChI is InChI=1S/C51H92O5/c1-4-7-10-13-16-18-20-22-24-26-27-29-31-33-36-38-41-44-50(52)55-48-49(56-51(53)45-42-39-35-15-12-9-6-3)47-54-46-43-40-37-34-32-30-28-25-23-21-19-17-14-11-8-5-2/h8,11,17,19,22-25,49H,4-7,9-10,12-16,18,20-21,26-48H2,1-3H3/b11-8-,19-17-,24-22-,25-23-. The van der Waals surface area contributed by atoms with Crippen LogP contribution < -0.4 is 0 Å². The molecule has 1 atom stereocenters. The van der Waals surface area contributed by atoms with E-state index in [1.165, 1.54) is 141 Å². The second kappa shape index (κ2) is 47.2. The second-order valence-corrected chi connectivity index (χ2v) is 16.0. The lowest BCUT2D eigenvalue weighted by Crippen LogP contribution is -2.30. The number of carbonyl (C=O) groups excluding carboxylic acids is 2. The monoisotopic (exact) mass is 785 g/mol. The molecule has 0 aromatic heterocycles. The molecule has 0 aromatic carbocycles. The van der Waals surface area contributed by atoms with Crippen LogP contribution in [0.3, 0.4) is 0 Å². The molecular weight excluding hydrogens is 693 g/mol. The van der Waals surface area contributed by atoms with E-state index >= 15 is 0 Å². The average Bonchev–Trinajstić information content (AvgIpc) is 3.20. The number of esters is 2. The molecule has 56 heavy (non-hydrogen) atoms. The quantitative estimate of drug-likeness (QED) is 0.0350. The van der Waals surface area contributed by atoms with Crippen molar-refractivity contribution in [3.63, 3.8) is 0 Å². The second-order valence-electron chi connectivity index (χ2n) is 16.0. The third-order valence-corrected chi connectivity index (χ3v) is 10.3. The predicted octanol–water partition coefficient (Wildman–Crippen LogP) is 16.0. The van der Waals surface area contributed by atoms with Crippen molar-refractivity contribution in [1.82, 2.24) is 0 Å². The molecule has 0 heterocycles. The Kier molecular flexibility index (Phi) is 45.4. The van der Waals surface area contributed by atoms with Gasteiger partial charge in [-0.1, -0.05) is 198 Å². The Balaban J connectivity index is 4.14. The van der Waals surface area contributed by atoms with Gasteiger partial charge in [-0.25, -0.2) is 0 Å². The van der Waals surface area contributed by atoms with E-state index in [1.807, 2.05) is 0 Å². The van der Waals surface area contributed by atoms with E-state index in [9.17, 15) is 9.59 Å². The van der Waals surface area contributed by atoms with Crippen molar-refractivity contribution < 1.29 is 23.8 Å². The summed E-state index contributed by atoms with van der Waals surface area (Å²) in [6, 6.07) is 0. The van der Waals surface area contributed by atoms with Crippen molar-refractivity contribution in [2.24, 2.45) is 0 Å². The Morgan fingerprint density at radius 2 is 0.804 bits per heavy atom. The van der Waals surface area contributed by atoms with Crippen molar-refractivity contribution in [3.05, 3.63) is 48.6 Å². The summed E-state index contributed by atoms with van der Waals surface area (Å²) >= 11 is 0. The van der Waals surface area contributed by atoms with Crippen molar-refractivity contribution >= 4 is 11.9 Å². The Bertz CT molecular complexity index is 935. The maximum absolute atomic E-state index is 12.6. The highest BCUT2D eigenvalue weighted by Gasteiger charge is 2.17. The maximum atomic E-state index is 12.6. The van der Waals surface area contributed by atoms with Gasteiger partial charge in [-0.15, -0.1) is 0 Å². The lowest BCUT2D eigenvalue weighted by molar-refractivity contribution is -0.163. The van der Waals surface area contributed by atoms with Gasteiger partial charge in [0.15, 0.2) is 6.10 Å². The van der Waals surface area contributed by atoms with E-state index in [0.29, 0.717) is 19.4 Å². The number of hydrogen-bond donors (Lipinski definition) is 0. The first kappa shape index (κ1) is 53.9. The van der Waals surface area contributed by atoms with Crippen LogP contribution in [0.2, 0.25) is 0 Å². The van der Waals surface area contributed by atoms with E-state index in [0.717, 1.165) is 64.2 Å². The molecule has 0 spiro atoms. The smallest absolute Gasteiger partial charge is 0.306 e. The molecule has 0 aliphatic heterocycles. The summed E-state index contributed by atoms with van der Waals surface area (Å²) in [4.78, 5) is 25.2. The average molecular weight is 785 g/mol. The molecule has 5 heteroatoms. The van der Waals surface area contributed by atoms with Crippen molar-refractivity contribution in [1.29, 1.82) is 0 Å². The van der Waals surface area contributed by atoms with Crippen LogP contribution in [0.5, 0.6) is 0 Å². The van der Waals surface area contributed by atoms with Crippen LogP contribution in [0.25, 0.3) is 0 Å². The van der Waals surface area contributed by atoms with Crippen LogP contribution in [0.4, 0.5) is 0 Å². The zero-order chi connectivity index (χ0) is 40.7. The molecule has 5 nitrogen and oxygen atoms in total. The summed E-state index contributed by atoms with van der Waals surface area (Å²) in [5.74, 6) is -0.410. The Hall–Kier alpha value is -2.14. The molecule has 0 aliphatic rings. The van der Waals surface area contributed by atoms with E-state index < -0.39 is 6.10 Å². The molecule has 1 unspecified atom stereocenters. The molecule has 0 bridgehead atoms. The zero-order valence-corrected chi connectivity index (χ0v) is 37.4. The van der Waals surface area contributed by atoms with Crippen molar-refractivity contribution in [2.45, 2.75) is 245 Å². The van der Waals surface area contributed by atoms with Gasteiger partial charge in [0.05, 0.1) is 6.61 Å². The molecule has 0 aromatic rings. The van der Waals surface area contributed by atoms with Crippen LogP contribution in [-0.2, 0) is 23.8 Å². The Labute approximate surface area is 348 Å². The maximum Gasteiger partial charge on any atom is 0.306 e. The minimum absolute atomic E-state index is 0.0794. The minimum Gasteiger partial charge on any atom is -0.462 e. The van der Waals surface area contributed by atoms with E-state index in [4.69, 9.17) is 14.2 Å². The molecule has 0 rings (SSSR count). The summed E-state index contributed by atoms with van der Waals surface area (Å²) in [5, 5.41) is 0. The SMILES string of the molecule is CC/C=C\C/C=C\C/C=C\CCCCCCCCOCC(COC(=O)CCCCCCCCC/C=C\CCCCCCCC)OC(=O)CCCCCCCCC. The van der Waals surface area contributed by atoms with Crippen LogP contribution in [0.15, 0.2) is 48.6 Å². The van der Waals surface area contributed by atoms with Crippen LogP contribution in [0.1, 0.15) is 239 Å². The molecule has 0 saturated heterocycles. The van der Waals surface area contributed by atoms with Gasteiger partial charge in [-0.2, -0.15) is 0 Å². The predicted molar refractivity (Wildman–Crippen MR) is 242 cm³/mol. The molecule has 0 aliphatic carbocycles. The van der Waals surface area contributed by atoms with Gasteiger partial charge in [0.25, 0.3) is 0 Å². The van der Waals surface area contributed by atoms with Crippen LogP contribution in [0, 0.1) is 0 Å². The molecule has 0 fully saturated rings. The van der Waals surface area contributed by atoms with Gasteiger partial charge >= 0.3 is 11.9 Å². The number of ether oxygens (including phenoxy) is 3. The molecule has 0 amide bonds. The number of unbranched alkanes of at least 4 members (excludes halogenated alkanes) is 25. The molecule has 0 radical (unpaired) electrons. The number of rotatable bonds is 44. The fourth-order valence-electron chi connectivity index (χ4n) is 6.75. The summed E-state index contributed by atoms with van der Waals surface area (Å²) < 4.78 is 17.3. The normalized spacial score (nSPS) is 12.6. The summed E-state index contributed by atoms with van der Waals surface area (Å²) in [7, 11) is 0. The summed E-state index contributed by atoms with van der Waals surface area (Å²) in [5.41, 5.74) is 0. The molecule has 0 N–H and O–H groups in total. The number of allylic oxidation sites excluding steroid dienone is 8. The third kappa shape index (κ3) is 44.6. The first-order valence-corrected chi connectivity index (χ1v) is 24.2. The number of hydrogen-bond acceptors (Lipinski definition) is 5. The van der Waals surface area contributed by atoms with Gasteiger partial charge in [0, 0.05) is 19.4 Å². The lowest BCUT2D eigenvalue weighted by atomic mass is 10.1. The lowest BCUT2D eigenvalue weighted by Gasteiger charge is -2.18. The fraction of sp³-hybridized carbons (Fsp3) is 0.804. The summed E-state index contributed by atoms with van der Waals surface area (Å²) in [6.45, 7) is 7.66. The Morgan fingerprint density at radius 3 is 1.30 bits per heavy atom. The highest BCUT2D eigenvalue weighted by molar-refractivity contribution is 5.70. The topological polar surface area (TPSA) is 61.8 Å². The Morgan fingerprint density at radius 1 is 0.411 bits per heavy atom. The summed E-state index contributed by atoms with van der Waals surface area (Å²) in [6.07, 6.45) is 57.0.